The van der Waals surface area contributed by atoms with Crippen molar-refractivity contribution in [1.29, 1.82) is 0 Å². The highest BCUT2D eigenvalue weighted by molar-refractivity contribution is 6.25. The van der Waals surface area contributed by atoms with Gasteiger partial charge in [0.05, 0.1) is 0 Å². The number of halogens is 1. The van der Waals surface area contributed by atoms with Gasteiger partial charge in [0.2, 0.25) is 0 Å². The van der Waals surface area contributed by atoms with Crippen molar-refractivity contribution in [3.05, 3.63) is 47.0 Å². The molecule has 0 bridgehead atoms. The molecule has 0 aromatic heterocycles. The normalized spacial score (nSPS) is 16.1. The van der Waals surface area contributed by atoms with Crippen LogP contribution in [0.15, 0.2) is 35.9 Å². The van der Waals surface area contributed by atoms with Crippen LogP contribution >= 0.6 is 11.6 Å². The maximum atomic E-state index is 5.62. The number of hydrogen-bond donors (Lipinski definition) is 0. The van der Waals surface area contributed by atoms with E-state index in [2.05, 4.69) is 43.0 Å². The molecule has 1 fully saturated rings. The summed E-state index contributed by atoms with van der Waals surface area (Å²) in [6.07, 6.45) is 4.70. The Kier molecular flexibility index (Phi) is 4.85. The lowest BCUT2D eigenvalue weighted by Crippen LogP contribution is -2.25. The van der Waals surface area contributed by atoms with Crippen LogP contribution < -0.4 is 0 Å². The molecule has 1 aromatic rings. The molecule has 0 atom stereocenters. The van der Waals surface area contributed by atoms with E-state index in [1.165, 1.54) is 24.0 Å². The van der Waals surface area contributed by atoms with E-state index in [1.54, 1.807) is 5.54 Å². The van der Waals surface area contributed by atoms with E-state index in [4.69, 9.17) is 11.6 Å². The molecule has 98 valence electrons. The van der Waals surface area contributed by atoms with Gasteiger partial charge in [-0.3, -0.25) is 4.90 Å². The van der Waals surface area contributed by atoms with Crippen LogP contribution in [0.5, 0.6) is 0 Å². The highest BCUT2D eigenvalue weighted by Crippen LogP contribution is 2.28. The molecule has 0 radical (unpaired) electrons. The maximum absolute atomic E-state index is 5.62. The SMILES string of the molecule is CC(C)c1ccc(CN(CC=CCl)C2CC2)cc1. The molecule has 0 spiro atoms. The summed E-state index contributed by atoms with van der Waals surface area (Å²) in [5.41, 5.74) is 4.43. The molecule has 2 rings (SSSR count). The van der Waals surface area contributed by atoms with E-state index in [9.17, 15) is 0 Å². The second-order valence-electron chi connectivity index (χ2n) is 5.42. The predicted molar refractivity (Wildman–Crippen MR) is 79.0 cm³/mol. The van der Waals surface area contributed by atoms with Crippen LogP contribution in [-0.2, 0) is 6.54 Å². The van der Waals surface area contributed by atoms with Gasteiger partial charge in [-0.1, -0.05) is 55.8 Å². The Morgan fingerprint density at radius 1 is 1.28 bits per heavy atom. The lowest BCUT2D eigenvalue weighted by molar-refractivity contribution is 0.284. The molecule has 0 unspecified atom stereocenters. The second-order valence-corrected chi connectivity index (χ2v) is 5.67. The van der Waals surface area contributed by atoms with Crippen LogP contribution in [0.2, 0.25) is 0 Å². The van der Waals surface area contributed by atoms with Crippen molar-refractivity contribution in [1.82, 2.24) is 4.90 Å². The minimum atomic E-state index is 0.609. The smallest absolute Gasteiger partial charge is 0.0239 e. The first kappa shape index (κ1) is 13.6. The molecule has 0 amide bonds. The van der Waals surface area contributed by atoms with E-state index in [1.807, 2.05) is 6.08 Å². The molecule has 1 nitrogen and oxygen atoms in total. The fourth-order valence-electron chi connectivity index (χ4n) is 2.20. The summed E-state index contributed by atoms with van der Waals surface area (Å²) < 4.78 is 0. The Morgan fingerprint density at radius 3 is 2.44 bits per heavy atom. The third-order valence-corrected chi connectivity index (χ3v) is 3.70. The molecule has 1 aliphatic rings. The van der Waals surface area contributed by atoms with Crippen molar-refractivity contribution < 1.29 is 0 Å². The summed E-state index contributed by atoms with van der Waals surface area (Å²) in [4.78, 5) is 2.50. The molecule has 2 heteroatoms. The summed E-state index contributed by atoms with van der Waals surface area (Å²) in [7, 11) is 0. The third-order valence-electron chi connectivity index (χ3n) is 3.52. The second kappa shape index (κ2) is 6.40. The third kappa shape index (κ3) is 3.86. The van der Waals surface area contributed by atoms with Crippen LogP contribution in [0.25, 0.3) is 0 Å². The van der Waals surface area contributed by atoms with E-state index in [-0.39, 0.29) is 0 Å². The Bertz CT molecular complexity index is 390. The molecule has 0 saturated heterocycles. The van der Waals surface area contributed by atoms with Crippen molar-refractivity contribution in [3.63, 3.8) is 0 Å². The van der Waals surface area contributed by atoms with Gasteiger partial charge in [-0.2, -0.15) is 0 Å². The fourth-order valence-corrected chi connectivity index (χ4v) is 2.28. The van der Waals surface area contributed by atoms with E-state index < -0.39 is 0 Å². The van der Waals surface area contributed by atoms with Crippen molar-refractivity contribution in [2.45, 2.75) is 45.2 Å². The average molecular weight is 264 g/mol. The minimum absolute atomic E-state index is 0.609. The zero-order chi connectivity index (χ0) is 13.0. The number of nitrogens with zero attached hydrogens (tertiary/aromatic N) is 1. The van der Waals surface area contributed by atoms with Crippen molar-refractivity contribution in [2.75, 3.05) is 6.54 Å². The van der Waals surface area contributed by atoms with E-state index >= 15 is 0 Å². The molecular formula is C16H22ClN. The first-order valence-electron chi connectivity index (χ1n) is 6.79. The van der Waals surface area contributed by atoms with Gasteiger partial charge < -0.3 is 0 Å². The number of benzene rings is 1. The van der Waals surface area contributed by atoms with Crippen molar-refractivity contribution in [3.8, 4) is 0 Å². The largest absolute Gasteiger partial charge is 0.292 e. The molecule has 18 heavy (non-hydrogen) atoms. The van der Waals surface area contributed by atoms with Gasteiger partial charge in [-0.15, -0.1) is 0 Å². The number of hydrogen-bond acceptors (Lipinski definition) is 1. The standard InChI is InChI=1S/C16H22ClN/c1-13(2)15-6-4-14(5-7-15)12-18(11-3-10-17)16-8-9-16/h3-7,10,13,16H,8-9,11-12H2,1-2H3. The monoisotopic (exact) mass is 263 g/mol. The average Bonchev–Trinajstić information content (AvgIpc) is 3.19. The molecule has 0 heterocycles. The molecule has 0 aliphatic heterocycles. The summed E-state index contributed by atoms with van der Waals surface area (Å²) in [6.45, 7) is 6.46. The Labute approximate surface area is 115 Å². The van der Waals surface area contributed by atoms with Crippen LogP contribution in [0.3, 0.4) is 0 Å². The van der Waals surface area contributed by atoms with Crippen LogP contribution in [0.1, 0.15) is 43.7 Å². The summed E-state index contributed by atoms with van der Waals surface area (Å²) in [6, 6.07) is 9.79. The summed E-state index contributed by atoms with van der Waals surface area (Å²) >= 11 is 5.62. The predicted octanol–water partition coefficient (Wildman–Crippen LogP) is 4.53. The molecule has 1 saturated carbocycles. The van der Waals surface area contributed by atoms with Crippen LogP contribution in [0.4, 0.5) is 0 Å². The van der Waals surface area contributed by atoms with Crippen molar-refractivity contribution in [2.24, 2.45) is 0 Å². The highest BCUT2D eigenvalue weighted by Gasteiger charge is 2.27. The van der Waals surface area contributed by atoms with Gasteiger partial charge in [0, 0.05) is 24.7 Å². The van der Waals surface area contributed by atoms with E-state index in [0.717, 1.165) is 19.1 Å². The van der Waals surface area contributed by atoms with Crippen LogP contribution in [-0.4, -0.2) is 17.5 Å². The van der Waals surface area contributed by atoms with Gasteiger partial charge in [0.15, 0.2) is 0 Å². The van der Waals surface area contributed by atoms with Crippen molar-refractivity contribution >= 4 is 11.6 Å². The molecule has 0 N–H and O–H groups in total. The topological polar surface area (TPSA) is 3.24 Å². The summed E-state index contributed by atoms with van der Waals surface area (Å²) in [5, 5.41) is 0. The van der Waals surface area contributed by atoms with Gasteiger partial charge in [-0.05, 0) is 29.9 Å². The minimum Gasteiger partial charge on any atom is -0.292 e. The lowest BCUT2D eigenvalue weighted by Gasteiger charge is -2.20. The first-order chi connectivity index (χ1) is 8.70. The Balaban J connectivity index is 1.97. The zero-order valence-corrected chi connectivity index (χ0v) is 12.0. The molecule has 1 aromatic carbocycles. The van der Waals surface area contributed by atoms with Gasteiger partial charge in [0.25, 0.3) is 0 Å². The zero-order valence-electron chi connectivity index (χ0n) is 11.3. The van der Waals surface area contributed by atoms with Crippen LogP contribution in [0, 0.1) is 0 Å². The van der Waals surface area contributed by atoms with Gasteiger partial charge in [-0.25, -0.2) is 0 Å². The maximum Gasteiger partial charge on any atom is 0.0239 e. The highest BCUT2D eigenvalue weighted by atomic mass is 35.5. The number of rotatable bonds is 6. The van der Waals surface area contributed by atoms with E-state index in [0.29, 0.717) is 5.92 Å². The fraction of sp³-hybridized carbons (Fsp3) is 0.500. The molecular weight excluding hydrogens is 242 g/mol. The quantitative estimate of drug-likeness (QED) is 0.729. The summed E-state index contributed by atoms with van der Waals surface area (Å²) in [5.74, 6) is 0.609. The van der Waals surface area contributed by atoms with Gasteiger partial charge >= 0.3 is 0 Å². The lowest BCUT2D eigenvalue weighted by atomic mass is 10.0. The van der Waals surface area contributed by atoms with Gasteiger partial charge in [0.1, 0.15) is 0 Å². The molecule has 1 aliphatic carbocycles. The first-order valence-corrected chi connectivity index (χ1v) is 7.22. The Hall–Kier alpha value is -0.790. The Morgan fingerprint density at radius 2 is 1.94 bits per heavy atom.